The summed E-state index contributed by atoms with van der Waals surface area (Å²) >= 11 is 0. The fraction of sp³-hybridized carbons (Fsp3) is 0.167. The van der Waals surface area contributed by atoms with E-state index in [0.717, 1.165) is 12.8 Å². The van der Waals surface area contributed by atoms with Crippen molar-refractivity contribution in [1.82, 2.24) is 0 Å². The molecule has 0 radical (unpaired) electrons. The smallest absolute Gasteiger partial charge is 0.347 e. The molecule has 148 valence electrons. The summed E-state index contributed by atoms with van der Waals surface area (Å²) in [6.45, 7) is 0.318. The van der Waals surface area contributed by atoms with Crippen LogP contribution in [0, 0.1) is 0 Å². The molecule has 3 aromatic carbocycles. The first-order valence-electron chi connectivity index (χ1n) is 9.33. The van der Waals surface area contributed by atoms with E-state index in [1.165, 1.54) is 18.7 Å². The molecule has 0 saturated heterocycles. The van der Waals surface area contributed by atoms with Crippen LogP contribution in [0.15, 0.2) is 78.9 Å². The first kappa shape index (κ1) is 20.1. The summed E-state index contributed by atoms with van der Waals surface area (Å²) in [5.41, 5.74) is 1.84. The number of esters is 2. The Labute approximate surface area is 169 Å². The minimum atomic E-state index is -0.559. The molecule has 0 unspecified atom stereocenters. The van der Waals surface area contributed by atoms with Crippen molar-refractivity contribution < 1.29 is 23.8 Å². The fourth-order valence-corrected chi connectivity index (χ4v) is 2.83. The molecule has 5 nitrogen and oxygen atoms in total. The van der Waals surface area contributed by atoms with Crippen molar-refractivity contribution in [3.8, 4) is 11.5 Å². The molecule has 0 aliphatic heterocycles. The molecule has 0 aliphatic carbocycles. The number of carbonyl (C=O) groups is 2. The van der Waals surface area contributed by atoms with Gasteiger partial charge < -0.3 is 14.2 Å². The maximum absolute atomic E-state index is 12.4. The molecule has 0 atom stereocenters. The number of rotatable bonds is 8. The molecule has 0 fully saturated rings. The number of para-hydroxylation sites is 1. The van der Waals surface area contributed by atoms with E-state index in [2.05, 4.69) is 0 Å². The number of hydrogen-bond donors (Lipinski definition) is 0. The third kappa shape index (κ3) is 5.69. The molecule has 0 saturated carbocycles. The van der Waals surface area contributed by atoms with Crippen LogP contribution in [0.1, 0.15) is 32.7 Å². The summed E-state index contributed by atoms with van der Waals surface area (Å²) < 4.78 is 15.9. The van der Waals surface area contributed by atoms with Crippen molar-refractivity contribution in [2.45, 2.75) is 12.8 Å². The zero-order valence-electron chi connectivity index (χ0n) is 16.2. The summed E-state index contributed by atoms with van der Waals surface area (Å²) in [6, 6.07) is 23.2. The summed E-state index contributed by atoms with van der Waals surface area (Å²) in [5.74, 6) is -0.324. The SMILES string of the molecule is COc1ccccc1C(=O)Oc1cccc(C(=O)OCCCc2ccccc2)c1. The van der Waals surface area contributed by atoms with Crippen LogP contribution in [-0.4, -0.2) is 25.7 Å². The standard InChI is InChI=1S/C24H22O5/c1-27-22-15-6-5-14-21(22)24(26)29-20-13-7-12-19(17-20)23(25)28-16-8-11-18-9-3-2-4-10-18/h2-7,9-10,12-15,17H,8,11,16H2,1H3. The number of aryl methyl sites for hydroxylation is 1. The summed E-state index contributed by atoms with van der Waals surface area (Å²) in [7, 11) is 1.49. The van der Waals surface area contributed by atoms with Crippen LogP contribution >= 0.6 is 0 Å². The van der Waals surface area contributed by atoms with Crippen LogP contribution in [0.25, 0.3) is 0 Å². The van der Waals surface area contributed by atoms with Gasteiger partial charge in [0.2, 0.25) is 0 Å². The van der Waals surface area contributed by atoms with Gasteiger partial charge in [0.05, 0.1) is 19.3 Å². The van der Waals surface area contributed by atoms with Crippen LogP contribution in [0.4, 0.5) is 0 Å². The van der Waals surface area contributed by atoms with E-state index in [4.69, 9.17) is 14.2 Å². The zero-order chi connectivity index (χ0) is 20.5. The molecule has 3 rings (SSSR count). The molecule has 0 spiro atoms. The van der Waals surface area contributed by atoms with Crippen molar-refractivity contribution in [2.24, 2.45) is 0 Å². The average Bonchev–Trinajstić information content (AvgIpc) is 2.77. The highest BCUT2D eigenvalue weighted by atomic mass is 16.5. The Balaban J connectivity index is 1.55. The third-order valence-corrected chi connectivity index (χ3v) is 4.29. The number of hydrogen-bond acceptors (Lipinski definition) is 5. The van der Waals surface area contributed by atoms with E-state index in [9.17, 15) is 9.59 Å². The molecular formula is C24H22O5. The molecule has 0 amide bonds. The second-order valence-corrected chi connectivity index (χ2v) is 6.34. The fourth-order valence-electron chi connectivity index (χ4n) is 2.83. The summed E-state index contributed by atoms with van der Waals surface area (Å²) in [5, 5.41) is 0. The number of methoxy groups -OCH3 is 1. The largest absolute Gasteiger partial charge is 0.496 e. The Morgan fingerprint density at radius 3 is 2.38 bits per heavy atom. The highest BCUT2D eigenvalue weighted by molar-refractivity contribution is 5.94. The molecule has 0 heterocycles. The summed E-state index contributed by atoms with van der Waals surface area (Å²) in [6.07, 6.45) is 1.57. The Bertz CT molecular complexity index is 966. The molecule has 3 aromatic rings. The van der Waals surface area contributed by atoms with E-state index in [-0.39, 0.29) is 5.75 Å². The van der Waals surface area contributed by atoms with Crippen LogP contribution in [0.2, 0.25) is 0 Å². The lowest BCUT2D eigenvalue weighted by molar-refractivity contribution is 0.0498. The van der Waals surface area contributed by atoms with Gasteiger partial charge in [-0.15, -0.1) is 0 Å². The molecule has 5 heteroatoms. The van der Waals surface area contributed by atoms with Crippen molar-refractivity contribution in [1.29, 1.82) is 0 Å². The Morgan fingerprint density at radius 2 is 1.59 bits per heavy atom. The lowest BCUT2D eigenvalue weighted by atomic mass is 10.1. The molecule has 0 bridgehead atoms. The van der Waals surface area contributed by atoms with Crippen LogP contribution < -0.4 is 9.47 Å². The average molecular weight is 390 g/mol. The van der Waals surface area contributed by atoms with Gasteiger partial charge in [-0.05, 0) is 48.7 Å². The van der Waals surface area contributed by atoms with E-state index >= 15 is 0 Å². The van der Waals surface area contributed by atoms with Gasteiger partial charge in [-0.3, -0.25) is 0 Å². The molecule has 0 N–H and O–H groups in total. The Kier molecular flexibility index (Phi) is 7.00. The predicted molar refractivity (Wildman–Crippen MR) is 109 cm³/mol. The third-order valence-electron chi connectivity index (χ3n) is 4.29. The second-order valence-electron chi connectivity index (χ2n) is 6.34. The predicted octanol–water partition coefficient (Wildman–Crippen LogP) is 4.70. The molecular weight excluding hydrogens is 368 g/mol. The maximum atomic E-state index is 12.4. The van der Waals surface area contributed by atoms with Gasteiger partial charge in [-0.2, -0.15) is 0 Å². The van der Waals surface area contributed by atoms with Gasteiger partial charge >= 0.3 is 11.9 Å². The van der Waals surface area contributed by atoms with E-state index in [1.54, 1.807) is 42.5 Å². The highest BCUT2D eigenvalue weighted by Crippen LogP contribution is 2.21. The van der Waals surface area contributed by atoms with E-state index in [1.807, 2.05) is 30.3 Å². The van der Waals surface area contributed by atoms with Gasteiger partial charge in [0.1, 0.15) is 17.1 Å². The maximum Gasteiger partial charge on any atom is 0.347 e. The first-order chi connectivity index (χ1) is 14.2. The van der Waals surface area contributed by atoms with Crippen molar-refractivity contribution in [3.05, 3.63) is 95.6 Å². The number of benzene rings is 3. The molecule has 29 heavy (non-hydrogen) atoms. The van der Waals surface area contributed by atoms with Crippen LogP contribution in [0.3, 0.4) is 0 Å². The minimum absolute atomic E-state index is 0.264. The summed E-state index contributed by atoms with van der Waals surface area (Å²) in [4.78, 5) is 24.7. The zero-order valence-corrected chi connectivity index (χ0v) is 16.2. The van der Waals surface area contributed by atoms with Gasteiger partial charge in [-0.1, -0.05) is 48.5 Å². The van der Waals surface area contributed by atoms with E-state index in [0.29, 0.717) is 23.5 Å². The molecule has 0 aliphatic rings. The second kappa shape index (κ2) is 10.1. The van der Waals surface area contributed by atoms with Crippen LogP contribution in [-0.2, 0) is 11.2 Å². The van der Waals surface area contributed by atoms with Crippen molar-refractivity contribution in [3.63, 3.8) is 0 Å². The van der Waals surface area contributed by atoms with Gasteiger partial charge in [0, 0.05) is 0 Å². The minimum Gasteiger partial charge on any atom is -0.496 e. The normalized spacial score (nSPS) is 10.2. The molecule has 0 aromatic heterocycles. The van der Waals surface area contributed by atoms with Gasteiger partial charge in [0.15, 0.2) is 0 Å². The lowest BCUT2D eigenvalue weighted by Gasteiger charge is -2.09. The lowest BCUT2D eigenvalue weighted by Crippen LogP contribution is -2.11. The van der Waals surface area contributed by atoms with Crippen molar-refractivity contribution in [2.75, 3.05) is 13.7 Å². The highest BCUT2D eigenvalue weighted by Gasteiger charge is 2.15. The van der Waals surface area contributed by atoms with E-state index < -0.39 is 11.9 Å². The van der Waals surface area contributed by atoms with Crippen molar-refractivity contribution >= 4 is 11.9 Å². The van der Waals surface area contributed by atoms with Gasteiger partial charge in [-0.25, -0.2) is 9.59 Å². The number of ether oxygens (including phenoxy) is 3. The Hall–Kier alpha value is -3.60. The van der Waals surface area contributed by atoms with Gasteiger partial charge in [0.25, 0.3) is 0 Å². The number of carbonyl (C=O) groups excluding carboxylic acids is 2. The first-order valence-corrected chi connectivity index (χ1v) is 9.33. The Morgan fingerprint density at radius 1 is 0.828 bits per heavy atom. The quantitative estimate of drug-likeness (QED) is 0.317. The monoisotopic (exact) mass is 390 g/mol. The van der Waals surface area contributed by atoms with Crippen LogP contribution in [0.5, 0.6) is 11.5 Å². The topological polar surface area (TPSA) is 61.8 Å².